The van der Waals surface area contributed by atoms with Gasteiger partial charge in [-0.05, 0) is 25.7 Å². The predicted molar refractivity (Wildman–Crippen MR) is 71.0 cm³/mol. The number of aryl methyl sites for hydroxylation is 2. The van der Waals surface area contributed by atoms with Gasteiger partial charge in [-0.1, -0.05) is 19.8 Å². The number of nitrogens with zero attached hydrogens (tertiary/aromatic N) is 2. The molecule has 4 heteroatoms. The lowest BCUT2D eigenvalue weighted by Gasteiger charge is -2.36. The molecule has 0 amide bonds. The Balaban J connectivity index is 1.92. The Morgan fingerprint density at radius 2 is 2.41 bits per heavy atom. The van der Waals surface area contributed by atoms with Gasteiger partial charge in [-0.15, -0.1) is 0 Å². The van der Waals surface area contributed by atoms with E-state index in [0.717, 1.165) is 36.8 Å². The Kier molecular flexibility index (Phi) is 3.43. The second kappa shape index (κ2) is 4.69. The molecule has 2 unspecified atom stereocenters. The Hall–Kier alpha value is -1.03. The van der Waals surface area contributed by atoms with Crippen molar-refractivity contribution < 1.29 is 0 Å². The van der Waals surface area contributed by atoms with Crippen LogP contribution in [-0.2, 0) is 7.05 Å². The summed E-state index contributed by atoms with van der Waals surface area (Å²) in [6.45, 7) is 5.18. The van der Waals surface area contributed by atoms with Crippen molar-refractivity contribution in [1.29, 1.82) is 0 Å². The zero-order valence-electron chi connectivity index (χ0n) is 11.2. The molecule has 1 saturated carbocycles. The highest BCUT2D eigenvalue weighted by atomic mass is 15.3. The summed E-state index contributed by atoms with van der Waals surface area (Å²) in [4.78, 5) is 0. The molecule has 1 aliphatic carbocycles. The summed E-state index contributed by atoms with van der Waals surface area (Å²) in [5, 5.41) is 7.77. The zero-order chi connectivity index (χ0) is 12.5. The van der Waals surface area contributed by atoms with Crippen molar-refractivity contribution >= 4 is 5.82 Å². The van der Waals surface area contributed by atoms with Gasteiger partial charge in [0.2, 0.25) is 0 Å². The van der Waals surface area contributed by atoms with Crippen molar-refractivity contribution in [3.63, 3.8) is 0 Å². The topological polar surface area (TPSA) is 55.9 Å². The van der Waals surface area contributed by atoms with Crippen LogP contribution in [0.2, 0.25) is 0 Å². The van der Waals surface area contributed by atoms with Crippen LogP contribution in [0, 0.1) is 12.8 Å². The van der Waals surface area contributed by atoms with Crippen LogP contribution in [0.5, 0.6) is 0 Å². The summed E-state index contributed by atoms with van der Waals surface area (Å²) >= 11 is 0. The maximum absolute atomic E-state index is 6.45. The molecule has 2 rings (SSSR count). The van der Waals surface area contributed by atoms with Crippen LogP contribution in [0.4, 0.5) is 5.82 Å². The van der Waals surface area contributed by atoms with Gasteiger partial charge in [-0.3, -0.25) is 4.68 Å². The maximum Gasteiger partial charge on any atom is 0.148 e. The third kappa shape index (κ3) is 3.00. The summed E-state index contributed by atoms with van der Waals surface area (Å²) in [7, 11) is 1.96. The first-order valence-electron chi connectivity index (χ1n) is 6.52. The highest BCUT2D eigenvalue weighted by Gasteiger charge is 2.30. The monoisotopic (exact) mass is 236 g/mol. The fourth-order valence-electron chi connectivity index (χ4n) is 2.77. The molecule has 96 valence electrons. The third-order valence-electron chi connectivity index (χ3n) is 3.86. The number of hydrogen-bond acceptors (Lipinski definition) is 3. The summed E-state index contributed by atoms with van der Waals surface area (Å²) in [5.74, 6) is 1.69. The average molecular weight is 236 g/mol. The number of rotatable bonds is 3. The summed E-state index contributed by atoms with van der Waals surface area (Å²) < 4.78 is 1.88. The first-order chi connectivity index (χ1) is 7.98. The van der Waals surface area contributed by atoms with E-state index in [-0.39, 0.29) is 5.54 Å². The summed E-state index contributed by atoms with van der Waals surface area (Å²) in [6.07, 6.45) is 4.81. The van der Waals surface area contributed by atoms with E-state index < -0.39 is 0 Å². The normalized spacial score (nSPS) is 29.3. The molecule has 4 nitrogen and oxygen atoms in total. The Morgan fingerprint density at radius 3 is 3.00 bits per heavy atom. The lowest BCUT2D eigenvalue weighted by atomic mass is 9.77. The molecule has 1 aromatic heterocycles. The minimum Gasteiger partial charge on any atom is -0.367 e. The van der Waals surface area contributed by atoms with E-state index in [1.807, 2.05) is 11.7 Å². The lowest BCUT2D eigenvalue weighted by Crippen LogP contribution is -2.49. The van der Waals surface area contributed by atoms with Gasteiger partial charge in [0.05, 0.1) is 0 Å². The van der Waals surface area contributed by atoms with E-state index in [1.165, 1.54) is 12.8 Å². The highest BCUT2D eigenvalue weighted by Crippen LogP contribution is 2.30. The van der Waals surface area contributed by atoms with Crippen LogP contribution in [0.1, 0.15) is 38.3 Å². The van der Waals surface area contributed by atoms with Gasteiger partial charge < -0.3 is 11.1 Å². The van der Waals surface area contributed by atoms with Crippen LogP contribution in [0.3, 0.4) is 0 Å². The Labute approximate surface area is 104 Å². The first-order valence-corrected chi connectivity index (χ1v) is 6.52. The standard InChI is InChI=1S/C13H24N4/c1-10-5-4-6-13(14,8-10)9-15-12-7-11(2)17(3)16-12/h7,10H,4-6,8-9,14H2,1-3H3,(H,15,16). The second-order valence-electron chi connectivity index (χ2n) is 5.71. The van der Waals surface area contributed by atoms with Gasteiger partial charge in [0.25, 0.3) is 0 Å². The van der Waals surface area contributed by atoms with Crippen molar-refractivity contribution in [2.45, 2.75) is 45.1 Å². The minimum absolute atomic E-state index is 0.0525. The van der Waals surface area contributed by atoms with E-state index in [2.05, 4.69) is 30.3 Å². The number of hydrogen-bond donors (Lipinski definition) is 2. The molecule has 0 radical (unpaired) electrons. The van der Waals surface area contributed by atoms with Gasteiger partial charge >= 0.3 is 0 Å². The van der Waals surface area contributed by atoms with Crippen molar-refractivity contribution in [1.82, 2.24) is 9.78 Å². The lowest BCUT2D eigenvalue weighted by molar-refractivity contribution is 0.248. The van der Waals surface area contributed by atoms with Crippen LogP contribution in [-0.4, -0.2) is 21.9 Å². The number of anilines is 1. The molecule has 0 spiro atoms. The van der Waals surface area contributed by atoms with Crippen LogP contribution in [0.15, 0.2) is 6.07 Å². The van der Waals surface area contributed by atoms with Crippen molar-refractivity contribution in [3.8, 4) is 0 Å². The van der Waals surface area contributed by atoms with Crippen molar-refractivity contribution in [2.24, 2.45) is 18.7 Å². The molecule has 0 saturated heterocycles. The molecule has 0 bridgehead atoms. The molecule has 2 atom stereocenters. The number of aromatic nitrogens is 2. The molecule has 1 fully saturated rings. The smallest absolute Gasteiger partial charge is 0.148 e. The molecule has 3 N–H and O–H groups in total. The largest absolute Gasteiger partial charge is 0.367 e. The van der Waals surface area contributed by atoms with Crippen LogP contribution in [0.25, 0.3) is 0 Å². The van der Waals surface area contributed by atoms with Gasteiger partial charge in [-0.25, -0.2) is 0 Å². The molecule has 0 aliphatic heterocycles. The molecule has 0 aromatic carbocycles. The molecule has 1 aromatic rings. The quantitative estimate of drug-likeness (QED) is 0.844. The summed E-state index contributed by atoms with van der Waals surface area (Å²) in [6, 6.07) is 2.07. The van der Waals surface area contributed by atoms with Crippen molar-refractivity contribution in [2.75, 3.05) is 11.9 Å². The SMILES string of the molecule is Cc1cc(NCC2(N)CCCC(C)C2)nn1C. The molecule has 1 heterocycles. The van der Waals surface area contributed by atoms with Crippen LogP contribution < -0.4 is 11.1 Å². The van der Waals surface area contributed by atoms with Gasteiger partial charge in [0.1, 0.15) is 5.82 Å². The Morgan fingerprint density at radius 1 is 1.65 bits per heavy atom. The van der Waals surface area contributed by atoms with E-state index in [1.54, 1.807) is 0 Å². The average Bonchev–Trinajstić information content (AvgIpc) is 2.56. The molecule has 1 aliphatic rings. The highest BCUT2D eigenvalue weighted by molar-refractivity contribution is 5.36. The fourth-order valence-corrected chi connectivity index (χ4v) is 2.77. The number of nitrogens with two attached hydrogens (primary N) is 1. The molecular formula is C13H24N4. The minimum atomic E-state index is -0.0525. The summed E-state index contributed by atoms with van der Waals surface area (Å²) in [5.41, 5.74) is 7.56. The van der Waals surface area contributed by atoms with Crippen LogP contribution >= 0.6 is 0 Å². The van der Waals surface area contributed by atoms with Gasteiger partial charge in [0, 0.05) is 30.9 Å². The zero-order valence-corrected chi connectivity index (χ0v) is 11.2. The fraction of sp³-hybridized carbons (Fsp3) is 0.769. The van der Waals surface area contributed by atoms with Gasteiger partial charge in [0.15, 0.2) is 0 Å². The third-order valence-corrected chi connectivity index (χ3v) is 3.86. The second-order valence-corrected chi connectivity index (χ2v) is 5.71. The molecule has 17 heavy (non-hydrogen) atoms. The van der Waals surface area contributed by atoms with E-state index >= 15 is 0 Å². The van der Waals surface area contributed by atoms with Gasteiger partial charge in [-0.2, -0.15) is 5.10 Å². The van der Waals surface area contributed by atoms with E-state index in [4.69, 9.17) is 5.73 Å². The van der Waals surface area contributed by atoms with Crippen molar-refractivity contribution in [3.05, 3.63) is 11.8 Å². The number of nitrogens with one attached hydrogen (secondary N) is 1. The maximum atomic E-state index is 6.45. The van der Waals surface area contributed by atoms with E-state index in [9.17, 15) is 0 Å². The first kappa shape index (κ1) is 12.4. The van der Waals surface area contributed by atoms with E-state index in [0.29, 0.717) is 0 Å². The molecular weight excluding hydrogens is 212 g/mol. The predicted octanol–water partition coefficient (Wildman–Crippen LogP) is 2.05. The Bertz CT molecular complexity index is 365.